The number of nitrogen functional groups attached to an aromatic ring is 1. The first-order valence-corrected chi connectivity index (χ1v) is 6.47. The van der Waals surface area contributed by atoms with Gasteiger partial charge in [-0.2, -0.15) is 0 Å². The molecule has 88 valence electrons. The summed E-state index contributed by atoms with van der Waals surface area (Å²) in [5, 5.41) is 8.39. The van der Waals surface area contributed by atoms with Crippen molar-refractivity contribution >= 4 is 17.6 Å². The molecule has 1 aromatic rings. The molecule has 1 unspecified atom stereocenters. The van der Waals surface area contributed by atoms with Gasteiger partial charge in [-0.1, -0.05) is 20.3 Å². The monoisotopic (exact) mass is 237 g/mol. The molecule has 0 bridgehead atoms. The zero-order valence-electron chi connectivity index (χ0n) is 10.1. The number of aryl methyl sites for hydroxylation is 1. The van der Waals surface area contributed by atoms with E-state index in [-0.39, 0.29) is 5.84 Å². The smallest absolute Gasteiger partial charge is 0.122 e. The minimum atomic E-state index is 0.107. The van der Waals surface area contributed by atoms with Crippen LogP contribution < -0.4 is 5.73 Å². The largest absolute Gasteiger partial charge is 0.384 e. The average molecular weight is 237 g/mol. The number of nitrogens with zero attached hydrogens (tertiary/aromatic N) is 1. The van der Waals surface area contributed by atoms with E-state index in [0.717, 1.165) is 22.0 Å². The summed E-state index contributed by atoms with van der Waals surface area (Å²) in [6, 6.07) is 3.73. The van der Waals surface area contributed by atoms with Gasteiger partial charge in [0.25, 0.3) is 0 Å². The van der Waals surface area contributed by atoms with Crippen molar-refractivity contribution in [2.45, 2.75) is 32.2 Å². The van der Waals surface area contributed by atoms with Gasteiger partial charge in [-0.25, -0.2) is 4.98 Å². The number of nitrogens with one attached hydrogen (secondary N) is 1. The fraction of sp³-hybridized carbons (Fsp3) is 0.500. The molecule has 1 rings (SSSR count). The van der Waals surface area contributed by atoms with Gasteiger partial charge in [0, 0.05) is 17.0 Å². The van der Waals surface area contributed by atoms with Gasteiger partial charge in [-0.3, -0.25) is 5.41 Å². The van der Waals surface area contributed by atoms with Crippen LogP contribution in [-0.4, -0.2) is 16.6 Å². The lowest BCUT2D eigenvalue weighted by molar-refractivity contribution is 0.636. The minimum Gasteiger partial charge on any atom is -0.384 e. The van der Waals surface area contributed by atoms with Gasteiger partial charge in [-0.15, -0.1) is 11.8 Å². The molecule has 3 nitrogen and oxygen atoms in total. The van der Waals surface area contributed by atoms with Gasteiger partial charge in [0.15, 0.2) is 0 Å². The summed E-state index contributed by atoms with van der Waals surface area (Å²) < 4.78 is 0. The minimum absolute atomic E-state index is 0.107. The standard InChI is InChI=1S/C12H19N3S/c1-4-8(2)7-16-11-6-10(12(13)14)5-9(3)15-11/h5-6,8H,4,7H2,1-3H3,(H3,13,14). The van der Waals surface area contributed by atoms with Gasteiger partial charge in [0.2, 0.25) is 0 Å². The van der Waals surface area contributed by atoms with Crippen LogP contribution in [0.1, 0.15) is 31.5 Å². The van der Waals surface area contributed by atoms with Crippen LogP contribution in [0, 0.1) is 18.3 Å². The molecule has 1 aromatic heterocycles. The van der Waals surface area contributed by atoms with E-state index in [1.807, 2.05) is 19.1 Å². The van der Waals surface area contributed by atoms with E-state index in [1.165, 1.54) is 6.42 Å². The average Bonchev–Trinajstić information content (AvgIpc) is 2.25. The Morgan fingerprint density at radius 1 is 1.56 bits per heavy atom. The highest BCUT2D eigenvalue weighted by atomic mass is 32.2. The van der Waals surface area contributed by atoms with Crippen LogP contribution >= 0.6 is 11.8 Å². The van der Waals surface area contributed by atoms with E-state index in [0.29, 0.717) is 5.92 Å². The molecule has 1 atom stereocenters. The normalized spacial score (nSPS) is 12.4. The summed E-state index contributed by atoms with van der Waals surface area (Å²) >= 11 is 1.74. The second kappa shape index (κ2) is 5.89. The Hall–Kier alpha value is -1.03. The molecule has 0 aliphatic rings. The Balaban J connectivity index is 2.76. The Morgan fingerprint density at radius 2 is 2.25 bits per heavy atom. The number of aromatic nitrogens is 1. The third-order valence-electron chi connectivity index (χ3n) is 2.45. The fourth-order valence-corrected chi connectivity index (χ4v) is 2.32. The third-order valence-corrected chi connectivity index (χ3v) is 3.69. The topological polar surface area (TPSA) is 62.8 Å². The van der Waals surface area contributed by atoms with E-state index in [2.05, 4.69) is 18.8 Å². The number of nitrogens with two attached hydrogens (primary N) is 1. The molecule has 1 heterocycles. The summed E-state index contributed by atoms with van der Waals surface area (Å²) in [5.41, 5.74) is 7.16. The van der Waals surface area contributed by atoms with Crippen molar-refractivity contribution < 1.29 is 0 Å². The van der Waals surface area contributed by atoms with Crippen molar-refractivity contribution in [2.24, 2.45) is 11.7 Å². The van der Waals surface area contributed by atoms with Crippen LogP contribution in [-0.2, 0) is 0 Å². The molecule has 0 aliphatic heterocycles. The Bertz CT molecular complexity index is 377. The molecule has 0 fully saturated rings. The molecular weight excluding hydrogens is 218 g/mol. The second-order valence-electron chi connectivity index (χ2n) is 4.07. The van der Waals surface area contributed by atoms with Crippen molar-refractivity contribution in [1.29, 1.82) is 5.41 Å². The number of rotatable bonds is 5. The predicted molar refractivity (Wildman–Crippen MR) is 70.2 cm³/mol. The molecule has 0 saturated heterocycles. The summed E-state index contributed by atoms with van der Waals surface area (Å²) in [6.45, 7) is 6.35. The molecule has 3 N–H and O–H groups in total. The first-order chi connectivity index (χ1) is 7.52. The number of hydrogen-bond donors (Lipinski definition) is 2. The zero-order valence-corrected chi connectivity index (χ0v) is 10.9. The number of thioether (sulfide) groups is 1. The maximum atomic E-state index is 7.42. The van der Waals surface area contributed by atoms with Crippen molar-refractivity contribution in [3.05, 3.63) is 23.4 Å². The maximum Gasteiger partial charge on any atom is 0.122 e. The second-order valence-corrected chi connectivity index (χ2v) is 5.11. The van der Waals surface area contributed by atoms with E-state index in [4.69, 9.17) is 11.1 Å². The molecule has 0 amide bonds. The molecular formula is C12H19N3S. The highest BCUT2D eigenvalue weighted by molar-refractivity contribution is 7.99. The zero-order chi connectivity index (χ0) is 12.1. The van der Waals surface area contributed by atoms with Crippen LogP contribution in [0.25, 0.3) is 0 Å². The first-order valence-electron chi connectivity index (χ1n) is 5.48. The highest BCUT2D eigenvalue weighted by Gasteiger charge is 2.05. The van der Waals surface area contributed by atoms with Crippen LogP contribution in [0.15, 0.2) is 17.2 Å². The molecule has 0 aliphatic carbocycles. The van der Waals surface area contributed by atoms with Crippen LogP contribution in [0.3, 0.4) is 0 Å². The van der Waals surface area contributed by atoms with E-state index < -0.39 is 0 Å². The fourth-order valence-electron chi connectivity index (χ4n) is 1.21. The van der Waals surface area contributed by atoms with Crippen molar-refractivity contribution in [2.75, 3.05) is 5.75 Å². The third kappa shape index (κ3) is 3.85. The summed E-state index contributed by atoms with van der Waals surface area (Å²) in [4.78, 5) is 4.43. The molecule has 0 aromatic carbocycles. The predicted octanol–water partition coefficient (Wildman–Crippen LogP) is 2.81. The van der Waals surface area contributed by atoms with E-state index in [1.54, 1.807) is 11.8 Å². The van der Waals surface area contributed by atoms with Gasteiger partial charge in [0.05, 0.1) is 5.03 Å². The van der Waals surface area contributed by atoms with Gasteiger partial charge >= 0.3 is 0 Å². The highest BCUT2D eigenvalue weighted by Crippen LogP contribution is 2.21. The number of pyridine rings is 1. The molecule has 4 heteroatoms. The molecule has 0 radical (unpaired) electrons. The van der Waals surface area contributed by atoms with Crippen LogP contribution in [0.2, 0.25) is 0 Å². The van der Waals surface area contributed by atoms with Gasteiger partial charge in [0.1, 0.15) is 5.84 Å². The Morgan fingerprint density at radius 3 is 2.81 bits per heavy atom. The van der Waals surface area contributed by atoms with E-state index in [9.17, 15) is 0 Å². The van der Waals surface area contributed by atoms with Crippen LogP contribution in [0.5, 0.6) is 0 Å². The lowest BCUT2D eigenvalue weighted by atomic mass is 10.2. The lowest BCUT2D eigenvalue weighted by Crippen LogP contribution is -2.11. The maximum absolute atomic E-state index is 7.42. The number of hydrogen-bond acceptors (Lipinski definition) is 3. The van der Waals surface area contributed by atoms with Gasteiger partial charge < -0.3 is 5.73 Å². The first kappa shape index (κ1) is 13.0. The summed E-state index contributed by atoms with van der Waals surface area (Å²) in [7, 11) is 0. The van der Waals surface area contributed by atoms with Gasteiger partial charge in [-0.05, 0) is 25.0 Å². The molecule has 0 spiro atoms. The summed E-state index contributed by atoms with van der Waals surface area (Å²) in [5.74, 6) is 1.86. The number of amidine groups is 1. The Kier molecular flexibility index (Phi) is 4.80. The lowest BCUT2D eigenvalue weighted by Gasteiger charge is -2.09. The molecule has 0 saturated carbocycles. The van der Waals surface area contributed by atoms with Crippen molar-refractivity contribution in [3.63, 3.8) is 0 Å². The summed E-state index contributed by atoms with van der Waals surface area (Å²) in [6.07, 6.45) is 1.18. The van der Waals surface area contributed by atoms with Crippen LogP contribution in [0.4, 0.5) is 0 Å². The van der Waals surface area contributed by atoms with Crippen molar-refractivity contribution in [3.8, 4) is 0 Å². The molecule has 16 heavy (non-hydrogen) atoms. The SMILES string of the molecule is CCC(C)CSc1cc(C(=N)N)cc(C)n1. The quantitative estimate of drug-likeness (QED) is 0.470. The Labute approximate surface area is 101 Å². The van der Waals surface area contributed by atoms with E-state index >= 15 is 0 Å². The van der Waals surface area contributed by atoms with Crippen molar-refractivity contribution in [1.82, 2.24) is 4.98 Å².